The van der Waals surface area contributed by atoms with Crippen molar-refractivity contribution in [1.82, 2.24) is 5.32 Å². The Kier molecular flexibility index (Phi) is 5.68. The average Bonchev–Trinajstić information content (AvgIpc) is 3.06. The quantitative estimate of drug-likeness (QED) is 0.710. The molecule has 0 unspecified atom stereocenters. The van der Waals surface area contributed by atoms with Crippen molar-refractivity contribution >= 4 is 35.0 Å². The lowest BCUT2D eigenvalue weighted by atomic mass is 9.99. The number of anilines is 1. The third kappa shape index (κ3) is 3.77. The maximum Gasteiger partial charge on any atom is 0.229 e. The highest BCUT2D eigenvalue weighted by molar-refractivity contribution is 5.95. The van der Waals surface area contributed by atoms with Crippen molar-refractivity contribution in [2.45, 2.75) is 19.4 Å². The average molecular weight is 391 g/mol. The Morgan fingerprint density at radius 2 is 2.19 bits per heavy atom. The first-order valence-electron chi connectivity index (χ1n) is 8.50. The van der Waals surface area contributed by atoms with Crippen LogP contribution in [-0.4, -0.2) is 19.6 Å². The largest absolute Gasteiger partial charge is 0.497 e. The van der Waals surface area contributed by atoms with E-state index in [0.29, 0.717) is 29.9 Å². The fourth-order valence-corrected chi connectivity index (χ4v) is 3.32. The van der Waals surface area contributed by atoms with E-state index in [-0.39, 0.29) is 36.2 Å². The molecule has 27 heavy (non-hydrogen) atoms. The van der Waals surface area contributed by atoms with Gasteiger partial charge in [-0.2, -0.15) is 0 Å². The number of carbonyl (C=O) groups excluding carboxylic acids is 1. The summed E-state index contributed by atoms with van der Waals surface area (Å²) in [6, 6.07) is 8.92. The number of nitrogens with one attached hydrogen (secondary N) is 2. The van der Waals surface area contributed by atoms with Crippen molar-refractivity contribution in [2.75, 3.05) is 19.0 Å². The highest BCUT2D eigenvalue weighted by Crippen LogP contribution is 2.27. The SMILES string of the molecule is COc1ccc2c(CC(=O)Nc3ccc4c(c3F)CCNC4)coc2c1.Cl. The van der Waals surface area contributed by atoms with Gasteiger partial charge in [-0.25, -0.2) is 4.39 Å². The number of methoxy groups -OCH3 is 1. The Labute approximate surface area is 162 Å². The summed E-state index contributed by atoms with van der Waals surface area (Å²) in [4.78, 5) is 12.4. The number of fused-ring (bicyclic) bond motifs is 2. The molecule has 2 heterocycles. The van der Waals surface area contributed by atoms with Crippen molar-refractivity contribution in [2.24, 2.45) is 0 Å². The van der Waals surface area contributed by atoms with Gasteiger partial charge in [-0.1, -0.05) is 6.07 Å². The summed E-state index contributed by atoms with van der Waals surface area (Å²) in [5, 5.41) is 6.74. The summed E-state index contributed by atoms with van der Waals surface area (Å²) in [6.07, 6.45) is 2.29. The van der Waals surface area contributed by atoms with E-state index in [4.69, 9.17) is 9.15 Å². The molecule has 1 aliphatic heterocycles. The molecule has 142 valence electrons. The van der Waals surface area contributed by atoms with Gasteiger partial charge in [0.1, 0.15) is 17.1 Å². The molecule has 3 aromatic rings. The zero-order valence-corrected chi connectivity index (χ0v) is 15.6. The first-order chi connectivity index (χ1) is 12.7. The van der Waals surface area contributed by atoms with Crippen molar-refractivity contribution in [3.63, 3.8) is 0 Å². The fourth-order valence-electron chi connectivity index (χ4n) is 3.32. The third-order valence-electron chi connectivity index (χ3n) is 4.70. The molecule has 2 N–H and O–H groups in total. The Morgan fingerprint density at radius 3 is 3.00 bits per heavy atom. The van der Waals surface area contributed by atoms with Crippen LogP contribution in [0.2, 0.25) is 0 Å². The van der Waals surface area contributed by atoms with Gasteiger partial charge in [-0.3, -0.25) is 4.79 Å². The number of amides is 1. The maximum atomic E-state index is 14.7. The van der Waals surface area contributed by atoms with Gasteiger partial charge >= 0.3 is 0 Å². The summed E-state index contributed by atoms with van der Waals surface area (Å²) < 4.78 is 25.3. The van der Waals surface area contributed by atoms with Crippen LogP contribution in [0.3, 0.4) is 0 Å². The predicted octanol–water partition coefficient (Wildman–Crippen LogP) is 3.83. The number of hydrogen-bond donors (Lipinski definition) is 2. The lowest BCUT2D eigenvalue weighted by Crippen LogP contribution is -2.25. The molecule has 0 atom stereocenters. The van der Waals surface area contributed by atoms with Crippen LogP contribution >= 0.6 is 12.4 Å². The zero-order chi connectivity index (χ0) is 18.1. The van der Waals surface area contributed by atoms with Crippen LogP contribution in [0, 0.1) is 5.82 Å². The first-order valence-corrected chi connectivity index (χ1v) is 8.50. The standard InChI is InChI=1S/C20H19FN2O3.ClH/c1-25-14-3-4-15-13(11-26-18(15)9-14)8-19(24)23-17-5-2-12-10-22-7-6-16(12)20(17)21;/h2-5,9,11,22H,6-8,10H2,1H3,(H,23,24);1H. The molecule has 0 bridgehead atoms. The van der Waals surface area contributed by atoms with Gasteiger partial charge in [0.2, 0.25) is 5.91 Å². The van der Waals surface area contributed by atoms with Crippen LogP contribution in [0.25, 0.3) is 11.0 Å². The molecule has 0 saturated carbocycles. The van der Waals surface area contributed by atoms with Crippen molar-refractivity contribution < 1.29 is 18.3 Å². The van der Waals surface area contributed by atoms with E-state index in [9.17, 15) is 9.18 Å². The summed E-state index contributed by atoms with van der Waals surface area (Å²) >= 11 is 0. The minimum absolute atomic E-state index is 0. The Bertz CT molecular complexity index is 987. The second kappa shape index (κ2) is 7.98. The second-order valence-electron chi connectivity index (χ2n) is 6.34. The molecule has 1 aliphatic rings. The van der Waals surface area contributed by atoms with Gasteiger partial charge in [0.25, 0.3) is 0 Å². The lowest BCUT2D eigenvalue weighted by Gasteiger charge is -2.19. The predicted molar refractivity (Wildman–Crippen MR) is 104 cm³/mol. The molecule has 7 heteroatoms. The van der Waals surface area contributed by atoms with Crippen molar-refractivity contribution in [1.29, 1.82) is 0 Å². The number of ether oxygens (including phenoxy) is 1. The van der Waals surface area contributed by atoms with Gasteiger partial charge in [0.05, 0.1) is 25.5 Å². The molecule has 4 rings (SSSR count). The summed E-state index contributed by atoms with van der Waals surface area (Å²) in [7, 11) is 1.58. The summed E-state index contributed by atoms with van der Waals surface area (Å²) in [5.74, 6) is 0.0731. The van der Waals surface area contributed by atoms with E-state index in [1.165, 1.54) is 0 Å². The minimum Gasteiger partial charge on any atom is -0.497 e. The van der Waals surface area contributed by atoms with Gasteiger partial charge in [-0.05, 0) is 42.3 Å². The van der Waals surface area contributed by atoms with Gasteiger partial charge < -0.3 is 19.8 Å². The Balaban J connectivity index is 0.00000210. The molecule has 0 saturated heterocycles. The van der Waals surface area contributed by atoms with Gasteiger partial charge in [-0.15, -0.1) is 12.4 Å². The molecule has 0 radical (unpaired) electrons. The topological polar surface area (TPSA) is 63.5 Å². The monoisotopic (exact) mass is 390 g/mol. The van der Waals surface area contributed by atoms with E-state index in [1.807, 2.05) is 18.2 Å². The number of halogens is 2. The fraction of sp³-hybridized carbons (Fsp3) is 0.250. The molecule has 1 amide bonds. The third-order valence-corrected chi connectivity index (χ3v) is 4.70. The Hall–Kier alpha value is -2.57. The molecule has 0 aliphatic carbocycles. The molecule has 2 aromatic carbocycles. The van der Waals surface area contributed by atoms with Crippen LogP contribution in [0.5, 0.6) is 5.75 Å². The zero-order valence-electron chi connectivity index (χ0n) is 14.8. The van der Waals surface area contributed by atoms with E-state index < -0.39 is 0 Å². The molecular formula is C20H20ClFN2O3. The summed E-state index contributed by atoms with van der Waals surface area (Å²) in [6.45, 7) is 1.40. The van der Waals surface area contributed by atoms with E-state index >= 15 is 0 Å². The van der Waals surface area contributed by atoms with Crippen LogP contribution < -0.4 is 15.4 Å². The number of rotatable bonds is 4. The van der Waals surface area contributed by atoms with E-state index in [0.717, 1.165) is 23.1 Å². The van der Waals surface area contributed by atoms with Crippen LogP contribution in [0.4, 0.5) is 10.1 Å². The highest BCUT2D eigenvalue weighted by atomic mass is 35.5. The van der Waals surface area contributed by atoms with Gasteiger partial charge in [0, 0.05) is 23.6 Å². The first kappa shape index (κ1) is 19.2. The number of hydrogen-bond acceptors (Lipinski definition) is 4. The molecule has 1 aromatic heterocycles. The summed E-state index contributed by atoms with van der Waals surface area (Å²) in [5.41, 5.74) is 3.26. The molecule has 5 nitrogen and oxygen atoms in total. The van der Waals surface area contributed by atoms with Crippen molar-refractivity contribution in [3.8, 4) is 5.75 Å². The second-order valence-corrected chi connectivity index (χ2v) is 6.34. The molecule has 0 spiro atoms. The lowest BCUT2D eigenvalue weighted by molar-refractivity contribution is -0.115. The van der Waals surface area contributed by atoms with Crippen molar-refractivity contribution in [3.05, 3.63) is 59.1 Å². The maximum absolute atomic E-state index is 14.7. The Morgan fingerprint density at radius 1 is 1.33 bits per heavy atom. The van der Waals surface area contributed by atoms with Crippen LogP contribution in [-0.2, 0) is 24.2 Å². The van der Waals surface area contributed by atoms with E-state index in [2.05, 4.69) is 10.6 Å². The molecular weight excluding hydrogens is 371 g/mol. The highest BCUT2D eigenvalue weighted by Gasteiger charge is 2.18. The van der Waals surface area contributed by atoms with Gasteiger partial charge in [0.15, 0.2) is 0 Å². The van der Waals surface area contributed by atoms with E-state index in [1.54, 1.807) is 25.5 Å². The van der Waals surface area contributed by atoms with Crippen LogP contribution in [0.15, 0.2) is 41.0 Å². The van der Waals surface area contributed by atoms with Crippen LogP contribution in [0.1, 0.15) is 16.7 Å². The number of carbonyl (C=O) groups is 1. The number of furan rings is 1. The number of benzene rings is 2. The normalized spacial score (nSPS) is 13.0. The molecule has 0 fully saturated rings. The minimum atomic E-state index is -0.334. The smallest absolute Gasteiger partial charge is 0.229 e.